The molecule has 0 amide bonds. The Morgan fingerprint density at radius 1 is 1.21 bits per heavy atom. The van der Waals surface area contributed by atoms with E-state index >= 15 is 0 Å². The van der Waals surface area contributed by atoms with Crippen molar-refractivity contribution in [3.8, 4) is 5.75 Å². The van der Waals surface area contributed by atoms with Crippen LogP contribution in [0.2, 0.25) is 0 Å². The molecule has 1 atom stereocenters. The number of nitrogens with zero attached hydrogens (tertiary/aromatic N) is 3. The summed E-state index contributed by atoms with van der Waals surface area (Å²) in [6, 6.07) is 10.2. The lowest BCUT2D eigenvalue weighted by atomic mass is 10.1. The highest BCUT2D eigenvalue weighted by molar-refractivity contribution is 5.79. The first kappa shape index (κ1) is 21.8. The molecular formula is C22H35N5O. The van der Waals surface area contributed by atoms with Crippen molar-refractivity contribution in [1.82, 2.24) is 20.4 Å². The van der Waals surface area contributed by atoms with Gasteiger partial charge in [-0.1, -0.05) is 25.1 Å². The number of aliphatic imine (C=N–C) groups is 1. The van der Waals surface area contributed by atoms with Gasteiger partial charge in [0.2, 0.25) is 0 Å². The minimum atomic E-state index is -0.228. The molecule has 1 unspecified atom stereocenters. The third-order valence-corrected chi connectivity index (χ3v) is 4.26. The first-order valence-corrected chi connectivity index (χ1v) is 9.90. The van der Waals surface area contributed by atoms with Crippen molar-refractivity contribution in [1.29, 1.82) is 0 Å². The average Bonchev–Trinajstić information content (AvgIpc) is 2.92. The van der Waals surface area contributed by atoms with E-state index in [2.05, 4.69) is 72.2 Å². The molecule has 1 aromatic carbocycles. The second-order valence-corrected chi connectivity index (χ2v) is 8.34. The predicted molar refractivity (Wildman–Crippen MR) is 116 cm³/mol. The SMILES string of the molecule is CN=C(NCc1ccccc1OC(C)(C)C)NCC(C)Cn1nc(C)cc1C. The van der Waals surface area contributed by atoms with Crippen LogP contribution in [0.15, 0.2) is 35.3 Å². The summed E-state index contributed by atoms with van der Waals surface area (Å²) in [5.74, 6) is 2.11. The Balaban J connectivity index is 1.87. The van der Waals surface area contributed by atoms with Crippen LogP contribution in [0.5, 0.6) is 5.75 Å². The van der Waals surface area contributed by atoms with Crippen LogP contribution < -0.4 is 15.4 Å². The molecule has 0 fully saturated rings. The summed E-state index contributed by atoms with van der Waals surface area (Å²) in [4.78, 5) is 4.34. The fraction of sp³-hybridized carbons (Fsp3) is 0.545. The maximum Gasteiger partial charge on any atom is 0.191 e. The second-order valence-electron chi connectivity index (χ2n) is 8.34. The summed E-state index contributed by atoms with van der Waals surface area (Å²) >= 11 is 0. The fourth-order valence-corrected chi connectivity index (χ4v) is 2.97. The molecule has 0 aliphatic heterocycles. The van der Waals surface area contributed by atoms with Gasteiger partial charge in [0, 0.05) is 37.9 Å². The maximum atomic E-state index is 6.07. The monoisotopic (exact) mass is 385 g/mol. The van der Waals surface area contributed by atoms with Gasteiger partial charge in [-0.05, 0) is 52.7 Å². The minimum absolute atomic E-state index is 0.228. The van der Waals surface area contributed by atoms with Crippen molar-refractivity contribution < 1.29 is 4.74 Å². The van der Waals surface area contributed by atoms with Crippen molar-refractivity contribution >= 4 is 5.96 Å². The van der Waals surface area contributed by atoms with Gasteiger partial charge in [0.25, 0.3) is 0 Å². The van der Waals surface area contributed by atoms with Gasteiger partial charge in [-0.25, -0.2) is 0 Å². The quantitative estimate of drug-likeness (QED) is 0.564. The Hall–Kier alpha value is -2.50. The number of hydrogen-bond acceptors (Lipinski definition) is 3. The van der Waals surface area contributed by atoms with Gasteiger partial charge in [-0.3, -0.25) is 9.67 Å². The lowest BCUT2D eigenvalue weighted by molar-refractivity contribution is 0.129. The van der Waals surface area contributed by atoms with Crippen molar-refractivity contribution in [2.75, 3.05) is 13.6 Å². The largest absolute Gasteiger partial charge is 0.488 e. The summed E-state index contributed by atoms with van der Waals surface area (Å²) in [7, 11) is 1.79. The fourth-order valence-electron chi connectivity index (χ4n) is 2.97. The standard InChI is InChI=1S/C22H35N5O/c1-16(15-27-18(3)12-17(2)26-27)13-24-21(23-7)25-14-19-10-8-9-11-20(19)28-22(4,5)6/h8-12,16H,13-15H2,1-7H3,(H2,23,24,25). The van der Waals surface area contributed by atoms with E-state index in [-0.39, 0.29) is 5.60 Å². The predicted octanol–water partition coefficient (Wildman–Crippen LogP) is 3.68. The Morgan fingerprint density at radius 3 is 2.54 bits per heavy atom. The number of guanidine groups is 1. The van der Waals surface area contributed by atoms with Crippen LogP contribution in [-0.4, -0.2) is 34.9 Å². The van der Waals surface area contributed by atoms with Gasteiger partial charge in [0.1, 0.15) is 11.4 Å². The number of aryl methyl sites for hydroxylation is 2. The summed E-state index contributed by atoms with van der Waals surface area (Å²) in [6.45, 7) is 14.9. The first-order chi connectivity index (χ1) is 13.2. The molecule has 2 rings (SSSR count). The van der Waals surface area contributed by atoms with Crippen LogP contribution >= 0.6 is 0 Å². The van der Waals surface area contributed by atoms with Crippen LogP contribution in [-0.2, 0) is 13.1 Å². The molecule has 28 heavy (non-hydrogen) atoms. The van der Waals surface area contributed by atoms with Crippen molar-refractivity contribution in [3.05, 3.63) is 47.3 Å². The van der Waals surface area contributed by atoms with Crippen molar-refractivity contribution in [3.63, 3.8) is 0 Å². The zero-order valence-corrected chi connectivity index (χ0v) is 18.3. The second kappa shape index (κ2) is 9.62. The van der Waals surface area contributed by atoms with Crippen molar-refractivity contribution in [2.24, 2.45) is 10.9 Å². The Morgan fingerprint density at radius 2 is 1.93 bits per heavy atom. The van der Waals surface area contributed by atoms with Crippen LogP contribution in [0, 0.1) is 19.8 Å². The summed E-state index contributed by atoms with van der Waals surface area (Å²) in [6.07, 6.45) is 0. The minimum Gasteiger partial charge on any atom is -0.488 e. The maximum absolute atomic E-state index is 6.07. The number of ether oxygens (including phenoxy) is 1. The van der Waals surface area contributed by atoms with Gasteiger partial charge in [0.05, 0.1) is 5.69 Å². The normalized spacial score (nSPS) is 13.3. The Labute approximate surface area is 169 Å². The van der Waals surface area contributed by atoms with E-state index in [4.69, 9.17) is 4.74 Å². The lowest BCUT2D eigenvalue weighted by Crippen LogP contribution is -2.39. The van der Waals surface area contributed by atoms with E-state index < -0.39 is 0 Å². The topological polar surface area (TPSA) is 63.5 Å². The average molecular weight is 386 g/mol. The van der Waals surface area contributed by atoms with Gasteiger partial charge >= 0.3 is 0 Å². The van der Waals surface area contributed by atoms with E-state index in [1.54, 1.807) is 7.05 Å². The van der Waals surface area contributed by atoms with E-state index in [0.29, 0.717) is 12.5 Å². The number of aromatic nitrogens is 2. The zero-order valence-electron chi connectivity index (χ0n) is 18.3. The summed E-state index contributed by atoms with van der Waals surface area (Å²) < 4.78 is 8.13. The highest BCUT2D eigenvalue weighted by atomic mass is 16.5. The third kappa shape index (κ3) is 6.91. The van der Waals surface area contributed by atoms with Crippen LogP contribution in [0.3, 0.4) is 0 Å². The molecule has 1 heterocycles. The molecule has 6 heteroatoms. The highest BCUT2D eigenvalue weighted by Gasteiger charge is 2.14. The number of benzene rings is 1. The third-order valence-electron chi connectivity index (χ3n) is 4.26. The van der Waals surface area contributed by atoms with Crippen LogP contribution in [0.25, 0.3) is 0 Å². The highest BCUT2D eigenvalue weighted by Crippen LogP contribution is 2.22. The number of rotatable bonds is 7. The van der Waals surface area contributed by atoms with E-state index in [1.807, 2.05) is 25.1 Å². The molecule has 2 N–H and O–H groups in total. The van der Waals surface area contributed by atoms with E-state index in [1.165, 1.54) is 5.69 Å². The molecule has 0 spiro atoms. The number of para-hydroxylation sites is 1. The Bertz CT molecular complexity index is 788. The Kier molecular flexibility index (Phi) is 7.49. The van der Waals surface area contributed by atoms with Gasteiger partial charge < -0.3 is 15.4 Å². The molecule has 1 aromatic heterocycles. The molecule has 0 radical (unpaired) electrons. The first-order valence-electron chi connectivity index (χ1n) is 9.90. The van der Waals surface area contributed by atoms with Crippen LogP contribution in [0.4, 0.5) is 0 Å². The van der Waals surface area contributed by atoms with E-state index in [0.717, 1.165) is 36.1 Å². The molecule has 6 nitrogen and oxygen atoms in total. The summed E-state index contributed by atoms with van der Waals surface area (Å²) in [5, 5.41) is 11.3. The van der Waals surface area contributed by atoms with Crippen molar-refractivity contribution in [2.45, 2.75) is 60.2 Å². The number of nitrogens with one attached hydrogen (secondary N) is 2. The molecule has 154 valence electrons. The molecule has 0 saturated carbocycles. The lowest BCUT2D eigenvalue weighted by Gasteiger charge is -2.23. The molecular weight excluding hydrogens is 350 g/mol. The van der Waals surface area contributed by atoms with Gasteiger partial charge in [-0.15, -0.1) is 0 Å². The van der Waals surface area contributed by atoms with Gasteiger partial charge in [0.15, 0.2) is 5.96 Å². The number of hydrogen-bond donors (Lipinski definition) is 2. The molecule has 0 aliphatic rings. The van der Waals surface area contributed by atoms with E-state index in [9.17, 15) is 0 Å². The molecule has 0 saturated heterocycles. The molecule has 0 aliphatic carbocycles. The zero-order chi connectivity index (χ0) is 20.7. The van der Waals surface area contributed by atoms with Crippen LogP contribution in [0.1, 0.15) is 44.6 Å². The van der Waals surface area contributed by atoms with Gasteiger partial charge in [-0.2, -0.15) is 5.10 Å². The smallest absolute Gasteiger partial charge is 0.191 e. The molecule has 0 bridgehead atoms. The summed E-state index contributed by atoms with van der Waals surface area (Å²) in [5.41, 5.74) is 3.14. The molecule has 2 aromatic rings.